The summed E-state index contributed by atoms with van der Waals surface area (Å²) in [5, 5.41) is -0.121. The van der Waals surface area contributed by atoms with Crippen LogP contribution in [-0.4, -0.2) is 33.1 Å². The predicted molar refractivity (Wildman–Crippen MR) is 28.0 cm³/mol. The second-order valence-corrected chi connectivity index (χ2v) is 3.83. The molecule has 0 aromatic rings. The number of halogens is 1. The topological polar surface area (TPSA) is 35.5 Å². The standard InChI is InChI=1S/C3H5ClO3Se/c4-3-1-6-8(5)7-2-3/h3H,1-2H2. The van der Waals surface area contributed by atoms with Gasteiger partial charge in [-0.05, 0) is 0 Å². The minimum absolute atomic E-state index is 0.121. The Morgan fingerprint density at radius 1 is 1.50 bits per heavy atom. The number of hydrogen-bond donors (Lipinski definition) is 0. The first kappa shape index (κ1) is 6.65. The fraction of sp³-hybridized carbons (Fsp3) is 1.00. The molecular weight excluding hydrogens is 198 g/mol. The van der Waals surface area contributed by atoms with Crippen LogP contribution in [0.1, 0.15) is 0 Å². The summed E-state index contributed by atoms with van der Waals surface area (Å²) >= 11 is 3.16. The molecule has 0 aromatic carbocycles. The van der Waals surface area contributed by atoms with Crippen LogP contribution in [0.4, 0.5) is 0 Å². The van der Waals surface area contributed by atoms with E-state index >= 15 is 0 Å². The van der Waals surface area contributed by atoms with Crippen LogP contribution in [-0.2, 0) is 11.5 Å². The molecule has 3 nitrogen and oxygen atoms in total. The van der Waals surface area contributed by atoms with Crippen LogP contribution in [0.25, 0.3) is 0 Å². The van der Waals surface area contributed by atoms with Gasteiger partial charge in [0.1, 0.15) is 0 Å². The van der Waals surface area contributed by atoms with E-state index in [-0.39, 0.29) is 5.38 Å². The van der Waals surface area contributed by atoms with Gasteiger partial charge < -0.3 is 0 Å². The van der Waals surface area contributed by atoms with Gasteiger partial charge in [0, 0.05) is 0 Å². The summed E-state index contributed by atoms with van der Waals surface area (Å²) in [7, 11) is 0. The molecule has 1 fully saturated rings. The molecule has 1 aliphatic rings. The first-order valence-corrected chi connectivity index (χ1v) is 4.65. The molecule has 1 rings (SSSR count). The van der Waals surface area contributed by atoms with Crippen LogP contribution >= 0.6 is 11.6 Å². The van der Waals surface area contributed by atoms with Crippen molar-refractivity contribution in [3.8, 4) is 0 Å². The molecule has 0 bridgehead atoms. The Balaban J connectivity index is 2.29. The van der Waals surface area contributed by atoms with Crippen molar-refractivity contribution in [2.24, 2.45) is 0 Å². The van der Waals surface area contributed by atoms with Gasteiger partial charge in [0.25, 0.3) is 0 Å². The predicted octanol–water partition coefficient (Wildman–Crippen LogP) is 0.0560. The maximum absolute atomic E-state index is 10.3. The van der Waals surface area contributed by atoms with Crippen molar-refractivity contribution in [1.82, 2.24) is 0 Å². The van der Waals surface area contributed by atoms with Crippen LogP contribution in [0.5, 0.6) is 0 Å². The van der Waals surface area contributed by atoms with Crippen LogP contribution < -0.4 is 0 Å². The van der Waals surface area contributed by atoms with E-state index in [4.69, 9.17) is 11.6 Å². The summed E-state index contributed by atoms with van der Waals surface area (Å²) in [6.45, 7) is 0.714. The van der Waals surface area contributed by atoms with Crippen molar-refractivity contribution in [3.63, 3.8) is 0 Å². The zero-order valence-corrected chi connectivity index (χ0v) is 6.47. The summed E-state index contributed by atoms with van der Waals surface area (Å²) in [4.78, 5) is 0. The van der Waals surface area contributed by atoms with Gasteiger partial charge in [0.15, 0.2) is 0 Å². The molecule has 8 heavy (non-hydrogen) atoms. The van der Waals surface area contributed by atoms with E-state index in [1.807, 2.05) is 0 Å². The zero-order chi connectivity index (χ0) is 5.98. The molecular formula is C3H5ClO3Se. The molecule has 0 radical (unpaired) electrons. The summed E-state index contributed by atoms with van der Waals surface area (Å²) in [5.74, 6) is 0. The third-order valence-electron chi connectivity index (χ3n) is 0.690. The Labute approximate surface area is 56.6 Å². The average molecular weight is 203 g/mol. The van der Waals surface area contributed by atoms with Crippen molar-refractivity contribution < 1.29 is 11.5 Å². The Kier molecular flexibility index (Phi) is 2.41. The van der Waals surface area contributed by atoms with Gasteiger partial charge in [-0.25, -0.2) is 0 Å². The van der Waals surface area contributed by atoms with Gasteiger partial charge in [-0.1, -0.05) is 0 Å². The van der Waals surface area contributed by atoms with E-state index in [1.165, 1.54) is 0 Å². The fourth-order valence-corrected chi connectivity index (χ4v) is 2.10. The van der Waals surface area contributed by atoms with E-state index < -0.39 is 14.5 Å². The normalized spacial score (nSPS) is 39.6. The summed E-state index contributed by atoms with van der Waals surface area (Å²) in [6, 6.07) is 0. The van der Waals surface area contributed by atoms with Gasteiger partial charge in [0.05, 0.1) is 0 Å². The zero-order valence-electron chi connectivity index (χ0n) is 4.00. The summed E-state index contributed by atoms with van der Waals surface area (Å²) in [6.07, 6.45) is 0. The van der Waals surface area contributed by atoms with Crippen molar-refractivity contribution in [3.05, 3.63) is 0 Å². The van der Waals surface area contributed by atoms with Crippen LogP contribution in [0, 0.1) is 0 Å². The first-order valence-electron chi connectivity index (χ1n) is 2.11. The molecule has 5 heteroatoms. The monoisotopic (exact) mass is 204 g/mol. The van der Waals surface area contributed by atoms with Crippen LogP contribution in [0.3, 0.4) is 0 Å². The van der Waals surface area contributed by atoms with Crippen LogP contribution in [0.2, 0.25) is 0 Å². The van der Waals surface area contributed by atoms with Crippen molar-refractivity contribution >= 4 is 26.1 Å². The SMILES string of the molecule is O=[Se]1OCC(Cl)CO1. The molecule has 0 atom stereocenters. The van der Waals surface area contributed by atoms with Crippen molar-refractivity contribution in [1.29, 1.82) is 0 Å². The van der Waals surface area contributed by atoms with Gasteiger partial charge in [-0.3, -0.25) is 0 Å². The molecule has 0 aliphatic carbocycles. The summed E-state index contributed by atoms with van der Waals surface area (Å²) in [5.41, 5.74) is 0. The third-order valence-corrected chi connectivity index (χ3v) is 2.32. The van der Waals surface area contributed by atoms with E-state index in [9.17, 15) is 3.83 Å². The second kappa shape index (κ2) is 2.90. The second-order valence-electron chi connectivity index (χ2n) is 1.37. The van der Waals surface area contributed by atoms with Crippen molar-refractivity contribution in [2.75, 3.05) is 13.2 Å². The minimum atomic E-state index is -2.35. The molecule has 0 N–H and O–H groups in total. The third kappa shape index (κ3) is 1.80. The molecule has 0 saturated carbocycles. The van der Waals surface area contributed by atoms with E-state index in [0.717, 1.165) is 0 Å². The number of hydrogen-bond acceptors (Lipinski definition) is 3. The van der Waals surface area contributed by atoms with Crippen molar-refractivity contribution in [2.45, 2.75) is 5.38 Å². The van der Waals surface area contributed by atoms with E-state index in [2.05, 4.69) is 7.64 Å². The summed E-state index contributed by atoms with van der Waals surface area (Å²) < 4.78 is 19.5. The maximum atomic E-state index is 10.3. The fourth-order valence-electron chi connectivity index (χ4n) is 0.341. The molecule has 48 valence electrons. The molecule has 1 saturated heterocycles. The molecule has 0 aromatic heterocycles. The first-order chi connectivity index (χ1) is 3.79. The molecule has 0 spiro atoms. The average Bonchev–Trinajstić information content (AvgIpc) is 1.77. The van der Waals surface area contributed by atoms with Gasteiger partial charge in [-0.15, -0.1) is 0 Å². The Bertz CT molecular complexity index is 96.7. The van der Waals surface area contributed by atoms with Gasteiger partial charge >= 0.3 is 56.2 Å². The molecule has 1 aliphatic heterocycles. The van der Waals surface area contributed by atoms with Crippen LogP contribution in [0.15, 0.2) is 0 Å². The molecule has 0 amide bonds. The van der Waals surface area contributed by atoms with E-state index in [0.29, 0.717) is 13.2 Å². The van der Waals surface area contributed by atoms with Gasteiger partial charge in [-0.2, -0.15) is 0 Å². The number of alkyl halides is 1. The number of rotatable bonds is 0. The molecule has 0 unspecified atom stereocenters. The quantitative estimate of drug-likeness (QED) is 0.412. The van der Waals surface area contributed by atoms with E-state index in [1.54, 1.807) is 0 Å². The van der Waals surface area contributed by atoms with Gasteiger partial charge in [0.2, 0.25) is 0 Å². The Hall–Kier alpha value is 0.529. The Morgan fingerprint density at radius 3 is 2.38 bits per heavy atom. The molecule has 1 heterocycles. The Morgan fingerprint density at radius 2 is 2.00 bits per heavy atom.